The summed E-state index contributed by atoms with van der Waals surface area (Å²) in [5, 5.41) is 21.5. The van der Waals surface area contributed by atoms with Gasteiger partial charge in [-0.05, 0) is 79.5 Å². The number of phenolic OH excluding ortho intramolecular Hbond substituents is 1. The van der Waals surface area contributed by atoms with E-state index in [0.717, 1.165) is 42.5 Å². The molecule has 0 bridgehead atoms. The molecule has 27 heavy (non-hydrogen) atoms. The Morgan fingerprint density at radius 3 is 2.33 bits per heavy atom. The first-order valence-corrected chi connectivity index (χ1v) is 10.1. The van der Waals surface area contributed by atoms with E-state index in [1.54, 1.807) is 6.07 Å². The summed E-state index contributed by atoms with van der Waals surface area (Å²) >= 11 is 0. The second-order valence-corrected chi connectivity index (χ2v) is 8.25. The van der Waals surface area contributed by atoms with Crippen molar-refractivity contribution in [2.45, 2.75) is 56.5 Å². The standard InChI is InChI=1S/C23H26N2O2/c26-21-4-2-1-3-19(21)15-7-9-17(10-8-15)23(27)22-20(16-5-6-16)12-11-18-13-24-14-25(18)22/h1-4,11-17,23,26-27H,5-10H2/t15?,17?,23-/m0/s1. The number of pyridine rings is 1. The van der Waals surface area contributed by atoms with E-state index in [9.17, 15) is 10.2 Å². The van der Waals surface area contributed by atoms with Crippen molar-refractivity contribution in [2.75, 3.05) is 0 Å². The van der Waals surface area contributed by atoms with Gasteiger partial charge in [0.15, 0.2) is 0 Å². The lowest BCUT2D eigenvalue weighted by molar-refractivity contribution is 0.0753. The highest BCUT2D eigenvalue weighted by molar-refractivity contribution is 5.50. The lowest BCUT2D eigenvalue weighted by atomic mass is 9.75. The van der Waals surface area contributed by atoms with Crippen LogP contribution in [0.2, 0.25) is 0 Å². The molecule has 2 fully saturated rings. The molecule has 0 amide bonds. The summed E-state index contributed by atoms with van der Waals surface area (Å²) < 4.78 is 2.09. The number of imidazole rings is 1. The number of rotatable bonds is 4. The molecule has 2 aromatic heterocycles. The first-order chi connectivity index (χ1) is 13.2. The molecule has 2 heterocycles. The van der Waals surface area contributed by atoms with Crippen LogP contribution in [0, 0.1) is 5.92 Å². The second-order valence-electron chi connectivity index (χ2n) is 8.25. The Labute approximate surface area is 159 Å². The van der Waals surface area contributed by atoms with Gasteiger partial charge in [0, 0.05) is 0 Å². The van der Waals surface area contributed by atoms with Crippen molar-refractivity contribution < 1.29 is 10.2 Å². The molecule has 5 rings (SSSR count). The lowest BCUT2D eigenvalue weighted by Gasteiger charge is -2.33. The van der Waals surface area contributed by atoms with Crippen molar-refractivity contribution >= 4 is 5.52 Å². The molecule has 0 spiro atoms. The van der Waals surface area contributed by atoms with Crippen LogP contribution in [0.25, 0.3) is 5.52 Å². The molecule has 2 saturated carbocycles. The van der Waals surface area contributed by atoms with Crippen LogP contribution in [-0.4, -0.2) is 19.6 Å². The van der Waals surface area contributed by atoms with Gasteiger partial charge in [-0.25, -0.2) is 4.98 Å². The van der Waals surface area contributed by atoms with Crippen LogP contribution in [0.1, 0.15) is 73.3 Å². The van der Waals surface area contributed by atoms with E-state index in [1.165, 1.54) is 18.4 Å². The predicted molar refractivity (Wildman–Crippen MR) is 105 cm³/mol. The zero-order valence-electron chi connectivity index (χ0n) is 15.5. The normalized spacial score (nSPS) is 24.2. The maximum Gasteiger partial charge on any atom is 0.119 e. The summed E-state index contributed by atoms with van der Waals surface area (Å²) in [5.41, 5.74) is 4.46. The number of para-hydroxylation sites is 1. The van der Waals surface area contributed by atoms with E-state index >= 15 is 0 Å². The minimum Gasteiger partial charge on any atom is -0.508 e. The van der Waals surface area contributed by atoms with Crippen LogP contribution >= 0.6 is 0 Å². The van der Waals surface area contributed by atoms with E-state index < -0.39 is 6.10 Å². The van der Waals surface area contributed by atoms with Gasteiger partial charge in [-0.1, -0.05) is 24.3 Å². The number of phenols is 1. The van der Waals surface area contributed by atoms with Crippen LogP contribution < -0.4 is 0 Å². The Morgan fingerprint density at radius 1 is 0.889 bits per heavy atom. The number of aliphatic hydroxyl groups excluding tert-OH is 1. The van der Waals surface area contributed by atoms with Gasteiger partial charge in [-0.3, -0.25) is 0 Å². The molecule has 0 unspecified atom stereocenters. The quantitative estimate of drug-likeness (QED) is 0.692. The Bertz CT molecular complexity index is 952. The van der Waals surface area contributed by atoms with Crippen molar-refractivity contribution in [3.05, 3.63) is 65.7 Å². The first-order valence-electron chi connectivity index (χ1n) is 10.1. The third kappa shape index (κ3) is 3.02. The molecule has 2 aliphatic carbocycles. The third-order valence-corrected chi connectivity index (χ3v) is 6.55. The first kappa shape index (κ1) is 16.8. The molecular weight excluding hydrogens is 336 g/mol. The molecule has 3 aromatic rings. The molecule has 2 N–H and O–H groups in total. The van der Waals surface area contributed by atoms with Crippen LogP contribution in [0.4, 0.5) is 0 Å². The van der Waals surface area contributed by atoms with Gasteiger partial charge in [-0.2, -0.15) is 0 Å². The Kier molecular flexibility index (Phi) is 4.16. The minimum absolute atomic E-state index is 0.262. The molecule has 0 radical (unpaired) electrons. The number of aliphatic hydroxyl groups is 1. The number of benzene rings is 1. The molecule has 4 heteroatoms. The molecule has 2 aliphatic rings. The third-order valence-electron chi connectivity index (χ3n) is 6.55. The molecule has 1 atom stereocenters. The Morgan fingerprint density at radius 2 is 1.59 bits per heavy atom. The van der Waals surface area contributed by atoms with Gasteiger partial charge in [0.1, 0.15) is 5.75 Å². The molecule has 4 nitrogen and oxygen atoms in total. The molecule has 1 aromatic carbocycles. The largest absolute Gasteiger partial charge is 0.508 e. The predicted octanol–water partition coefficient (Wildman–Crippen LogP) is 4.92. The zero-order chi connectivity index (χ0) is 18.4. The molecule has 0 aliphatic heterocycles. The minimum atomic E-state index is -0.455. The fourth-order valence-corrected chi connectivity index (χ4v) is 4.88. The summed E-state index contributed by atoms with van der Waals surface area (Å²) in [6, 6.07) is 12.0. The van der Waals surface area contributed by atoms with Crippen LogP contribution in [0.3, 0.4) is 0 Å². The maximum absolute atomic E-state index is 11.3. The highest BCUT2D eigenvalue weighted by atomic mass is 16.3. The molecule has 140 valence electrons. The summed E-state index contributed by atoms with van der Waals surface area (Å²) in [6.45, 7) is 0. The Hall–Kier alpha value is -2.33. The highest BCUT2D eigenvalue weighted by Crippen LogP contribution is 2.47. The van der Waals surface area contributed by atoms with Crippen molar-refractivity contribution in [3.8, 4) is 5.75 Å². The van der Waals surface area contributed by atoms with Gasteiger partial charge in [0.2, 0.25) is 0 Å². The summed E-state index contributed by atoms with van der Waals surface area (Å²) in [4.78, 5) is 4.30. The average Bonchev–Trinajstić information content (AvgIpc) is 3.44. The Balaban J connectivity index is 1.39. The number of fused-ring (bicyclic) bond motifs is 1. The monoisotopic (exact) mass is 362 g/mol. The van der Waals surface area contributed by atoms with Crippen LogP contribution in [0.5, 0.6) is 5.75 Å². The number of hydrogen-bond donors (Lipinski definition) is 2. The van der Waals surface area contributed by atoms with Crippen LogP contribution in [-0.2, 0) is 0 Å². The van der Waals surface area contributed by atoms with Crippen molar-refractivity contribution in [3.63, 3.8) is 0 Å². The topological polar surface area (TPSA) is 57.8 Å². The van der Waals surface area contributed by atoms with E-state index in [0.29, 0.717) is 17.6 Å². The molecule has 0 saturated heterocycles. The van der Waals surface area contributed by atoms with Crippen molar-refractivity contribution in [2.24, 2.45) is 5.92 Å². The summed E-state index contributed by atoms with van der Waals surface area (Å²) in [6.07, 6.45) is 9.68. The SMILES string of the molecule is Oc1ccccc1C1CCC([C@H](O)c2c(C3CC3)ccc3cncn23)CC1. The van der Waals surface area contributed by atoms with Gasteiger partial charge in [0.05, 0.1) is 29.8 Å². The fourth-order valence-electron chi connectivity index (χ4n) is 4.88. The smallest absolute Gasteiger partial charge is 0.119 e. The number of aromatic nitrogens is 2. The van der Waals surface area contributed by atoms with Crippen molar-refractivity contribution in [1.82, 2.24) is 9.38 Å². The van der Waals surface area contributed by atoms with Crippen LogP contribution in [0.15, 0.2) is 48.9 Å². The van der Waals surface area contributed by atoms with Gasteiger partial charge >= 0.3 is 0 Å². The second kappa shape index (κ2) is 6.68. The van der Waals surface area contributed by atoms with E-state index in [2.05, 4.69) is 21.5 Å². The number of nitrogens with zero attached hydrogens (tertiary/aromatic N) is 2. The summed E-state index contributed by atoms with van der Waals surface area (Å²) in [7, 11) is 0. The maximum atomic E-state index is 11.3. The number of aromatic hydroxyl groups is 1. The average molecular weight is 362 g/mol. The van der Waals surface area contributed by atoms with E-state index in [-0.39, 0.29) is 5.92 Å². The lowest BCUT2D eigenvalue weighted by Crippen LogP contribution is -2.22. The number of hydrogen-bond acceptors (Lipinski definition) is 3. The van der Waals surface area contributed by atoms with Crippen molar-refractivity contribution in [1.29, 1.82) is 0 Å². The van der Waals surface area contributed by atoms with E-state index in [1.807, 2.05) is 30.7 Å². The summed E-state index contributed by atoms with van der Waals surface area (Å²) in [5.74, 6) is 1.65. The molecular formula is C23H26N2O2. The van der Waals surface area contributed by atoms with Gasteiger partial charge < -0.3 is 14.6 Å². The van der Waals surface area contributed by atoms with Gasteiger partial charge in [0.25, 0.3) is 0 Å². The van der Waals surface area contributed by atoms with Gasteiger partial charge in [-0.15, -0.1) is 0 Å². The zero-order valence-corrected chi connectivity index (χ0v) is 15.5. The highest BCUT2D eigenvalue weighted by Gasteiger charge is 2.34. The fraction of sp³-hybridized carbons (Fsp3) is 0.435. The van der Waals surface area contributed by atoms with E-state index in [4.69, 9.17) is 0 Å².